The van der Waals surface area contributed by atoms with Crippen molar-refractivity contribution < 1.29 is 4.74 Å². The van der Waals surface area contributed by atoms with Crippen LogP contribution in [0.3, 0.4) is 0 Å². The molecule has 2 aromatic rings. The molecule has 1 heterocycles. The maximum absolute atomic E-state index is 6.02. The van der Waals surface area contributed by atoms with E-state index in [2.05, 4.69) is 60.0 Å². The monoisotopic (exact) mass is 331 g/mol. The van der Waals surface area contributed by atoms with Crippen molar-refractivity contribution in [2.24, 2.45) is 4.99 Å². The van der Waals surface area contributed by atoms with Crippen LogP contribution in [0.2, 0.25) is 0 Å². The van der Waals surface area contributed by atoms with E-state index in [9.17, 15) is 0 Å². The van der Waals surface area contributed by atoms with Crippen molar-refractivity contribution >= 4 is 17.3 Å². The lowest BCUT2D eigenvalue weighted by molar-refractivity contribution is 0.129. The van der Waals surface area contributed by atoms with Gasteiger partial charge in [0.2, 0.25) is 0 Å². The van der Waals surface area contributed by atoms with Crippen molar-refractivity contribution in [3.63, 3.8) is 0 Å². The van der Waals surface area contributed by atoms with Crippen LogP contribution in [-0.2, 0) is 13.1 Å². The Hall–Kier alpha value is -2.01. The van der Waals surface area contributed by atoms with Gasteiger partial charge < -0.3 is 15.4 Å². The van der Waals surface area contributed by atoms with Crippen LogP contribution in [-0.4, -0.2) is 18.6 Å². The van der Waals surface area contributed by atoms with Crippen LogP contribution in [0.25, 0.3) is 0 Å². The van der Waals surface area contributed by atoms with Crippen molar-refractivity contribution in [2.75, 3.05) is 7.05 Å². The summed E-state index contributed by atoms with van der Waals surface area (Å²) in [5.74, 6) is 1.69. The number of rotatable bonds is 5. The van der Waals surface area contributed by atoms with E-state index in [1.165, 1.54) is 4.88 Å². The van der Waals surface area contributed by atoms with Crippen molar-refractivity contribution in [1.29, 1.82) is 0 Å². The topological polar surface area (TPSA) is 45.7 Å². The van der Waals surface area contributed by atoms with Gasteiger partial charge in [0.15, 0.2) is 5.96 Å². The van der Waals surface area contributed by atoms with Gasteiger partial charge in [-0.05, 0) is 38.3 Å². The maximum atomic E-state index is 6.02. The van der Waals surface area contributed by atoms with Crippen molar-refractivity contribution in [3.05, 3.63) is 52.2 Å². The SMILES string of the molecule is CN=C(NCc1cccs1)NCc1ccccc1OC(C)(C)C. The molecular formula is C18H25N3OS. The number of guanidine groups is 1. The number of nitrogens with one attached hydrogen (secondary N) is 2. The number of thiophene rings is 1. The Kier molecular flexibility index (Phi) is 6.04. The molecule has 0 bridgehead atoms. The molecule has 1 aromatic heterocycles. The average Bonchev–Trinajstić information content (AvgIpc) is 3.01. The fourth-order valence-electron chi connectivity index (χ4n) is 2.06. The van der Waals surface area contributed by atoms with Crippen LogP contribution in [0.1, 0.15) is 31.2 Å². The summed E-state index contributed by atoms with van der Waals surface area (Å²) >= 11 is 1.73. The van der Waals surface area contributed by atoms with Gasteiger partial charge >= 0.3 is 0 Å². The molecule has 23 heavy (non-hydrogen) atoms. The van der Waals surface area contributed by atoms with Crippen molar-refractivity contribution in [1.82, 2.24) is 10.6 Å². The summed E-state index contributed by atoms with van der Waals surface area (Å²) in [6.07, 6.45) is 0. The largest absolute Gasteiger partial charge is 0.488 e. The zero-order valence-corrected chi connectivity index (χ0v) is 15.0. The van der Waals surface area contributed by atoms with E-state index in [1.807, 2.05) is 18.2 Å². The molecule has 0 amide bonds. The summed E-state index contributed by atoms with van der Waals surface area (Å²) in [7, 11) is 1.78. The molecule has 0 spiro atoms. The molecule has 0 fully saturated rings. The molecule has 0 aliphatic heterocycles. The molecule has 0 aliphatic carbocycles. The van der Waals surface area contributed by atoms with Gasteiger partial charge in [-0.3, -0.25) is 4.99 Å². The molecule has 0 aliphatic rings. The van der Waals surface area contributed by atoms with Gasteiger partial charge in [-0.1, -0.05) is 24.3 Å². The molecule has 2 rings (SSSR count). The Labute approximate surface area is 142 Å². The zero-order chi connectivity index (χ0) is 16.7. The Morgan fingerprint density at radius 1 is 1.09 bits per heavy atom. The third-order valence-electron chi connectivity index (χ3n) is 3.07. The van der Waals surface area contributed by atoms with Crippen LogP contribution in [0.5, 0.6) is 5.75 Å². The van der Waals surface area contributed by atoms with E-state index in [4.69, 9.17) is 4.74 Å². The number of nitrogens with zero attached hydrogens (tertiary/aromatic N) is 1. The number of ether oxygens (including phenoxy) is 1. The third kappa shape index (κ3) is 5.94. The molecule has 2 N–H and O–H groups in total. The smallest absolute Gasteiger partial charge is 0.191 e. The fourth-order valence-corrected chi connectivity index (χ4v) is 2.71. The maximum Gasteiger partial charge on any atom is 0.191 e. The van der Waals surface area contributed by atoms with Crippen molar-refractivity contribution in [3.8, 4) is 5.75 Å². The standard InChI is InChI=1S/C18H25N3OS/c1-18(2,3)22-16-10-6-5-8-14(16)12-20-17(19-4)21-13-15-9-7-11-23-15/h5-11H,12-13H2,1-4H3,(H2,19,20,21). The van der Waals surface area contributed by atoms with E-state index in [1.54, 1.807) is 18.4 Å². The summed E-state index contributed by atoms with van der Waals surface area (Å²) in [6.45, 7) is 7.60. The van der Waals surface area contributed by atoms with Gasteiger partial charge in [0.1, 0.15) is 11.4 Å². The summed E-state index contributed by atoms with van der Waals surface area (Å²) in [5, 5.41) is 8.73. The summed E-state index contributed by atoms with van der Waals surface area (Å²) in [4.78, 5) is 5.55. The van der Waals surface area contributed by atoms with Gasteiger partial charge in [0.25, 0.3) is 0 Å². The molecule has 124 valence electrons. The first-order valence-electron chi connectivity index (χ1n) is 7.72. The fraction of sp³-hybridized carbons (Fsp3) is 0.389. The summed E-state index contributed by atoms with van der Waals surface area (Å²) in [6, 6.07) is 12.3. The summed E-state index contributed by atoms with van der Waals surface area (Å²) in [5.41, 5.74) is 0.899. The quantitative estimate of drug-likeness (QED) is 0.647. The number of benzene rings is 1. The lowest BCUT2D eigenvalue weighted by atomic mass is 10.1. The van der Waals surface area contributed by atoms with Gasteiger partial charge in [0.05, 0.1) is 6.54 Å². The number of hydrogen-bond acceptors (Lipinski definition) is 3. The third-order valence-corrected chi connectivity index (χ3v) is 3.95. The average molecular weight is 331 g/mol. The first kappa shape index (κ1) is 17.3. The first-order valence-corrected chi connectivity index (χ1v) is 8.60. The molecule has 0 radical (unpaired) electrons. The molecule has 0 atom stereocenters. The minimum atomic E-state index is -0.213. The Morgan fingerprint density at radius 3 is 2.48 bits per heavy atom. The van der Waals surface area contributed by atoms with E-state index in [0.29, 0.717) is 6.54 Å². The highest BCUT2D eigenvalue weighted by molar-refractivity contribution is 7.09. The Balaban J connectivity index is 1.93. The Morgan fingerprint density at radius 2 is 1.83 bits per heavy atom. The normalized spacial score (nSPS) is 12.1. The van der Waals surface area contributed by atoms with Gasteiger partial charge in [-0.2, -0.15) is 0 Å². The number of hydrogen-bond donors (Lipinski definition) is 2. The van der Waals surface area contributed by atoms with Gasteiger partial charge in [-0.25, -0.2) is 0 Å². The lowest BCUT2D eigenvalue weighted by Crippen LogP contribution is -2.36. The second-order valence-corrected chi connectivity index (χ2v) is 7.21. The van der Waals surface area contributed by atoms with E-state index < -0.39 is 0 Å². The second-order valence-electron chi connectivity index (χ2n) is 6.18. The molecule has 0 saturated heterocycles. The molecule has 0 unspecified atom stereocenters. The highest BCUT2D eigenvalue weighted by Gasteiger charge is 2.14. The van der Waals surface area contributed by atoms with E-state index in [0.717, 1.165) is 23.8 Å². The summed E-state index contributed by atoms with van der Waals surface area (Å²) < 4.78 is 6.02. The van der Waals surface area contributed by atoms with Crippen LogP contribution in [0, 0.1) is 0 Å². The molecule has 0 saturated carbocycles. The van der Waals surface area contributed by atoms with Gasteiger partial charge in [0, 0.05) is 24.0 Å². The highest BCUT2D eigenvalue weighted by atomic mass is 32.1. The highest BCUT2D eigenvalue weighted by Crippen LogP contribution is 2.22. The molecule has 4 nitrogen and oxygen atoms in total. The van der Waals surface area contributed by atoms with Crippen molar-refractivity contribution in [2.45, 2.75) is 39.5 Å². The lowest BCUT2D eigenvalue weighted by Gasteiger charge is -2.23. The van der Waals surface area contributed by atoms with Crippen LogP contribution < -0.4 is 15.4 Å². The predicted octanol–water partition coefficient (Wildman–Crippen LogP) is 3.79. The van der Waals surface area contributed by atoms with E-state index in [-0.39, 0.29) is 5.60 Å². The first-order chi connectivity index (χ1) is 11.0. The molecule has 5 heteroatoms. The van der Waals surface area contributed by atoms with Crippen LogP contribution in [0.15, 0.2) is 46.8 Å². The minimum absolute atomic E-state index is 0.213. The van der Waals surface area contributed by atoms with Crippen LogP contribution in [0.4, 0.5) is 0 Å². The second kappa shape index (κ2) is 8.02. The van der Waals surface area contributed by atoms with Gasteiger partial charge in [-0.15, -0.1) is 11.3 Å². The van der Waals surface area contributed by atoms with Crippen LogP contribution >= 0.6 is 11.3 Å². The number of para-hydroxylation sites is 1. The zero-order valence-electron chi connectivity index (χ0n) is 14.2. The molecular weight excluding hydrogens is 306 g/mol. The Bertz CT molecular complexity index is 630. The predicted molar refractivity (Wildman–Crippen MR) is 98.2 cm³/mol. The minimum Gasteiger partial charge on any atom is -0.488 e. The van der Waals surface area contributed by atoms with E-state index >= 15 is 0 Å². The molecule has 1 aromatic carbocycles. The number of aliphatic imine (C=N–C) groups is 1.